The molecule has 122 valence electrons. The molecule has 8 heteroatoms. The minimum absolute atomic E-state index is 0.164. The Kier molecular flexibility index (Phi) is 5.14. The monoisotopic (exact) mass is 351 g/mol. The lowest BCUT2D eigenvalue weighted by molar-refractivity contribution is -0.140. The van der Waals surface area contributed by atoms with Crippen LogP contribution in [0.4, 0.5) is 0 Å². The van der Waals surface area contributed by atoms with Gasteiger partial charge in [-0.3, -0.25) is 9.69 Å². The lowest BCUT2D eigenvalue weighted by Gasteiger charge is -2.30. The van der Waals surface area contributed by atoms with Crippen LogP contribution < -0.4 is 0 Å². The number of nitrogens with zero attached hydrogens (tertiary/aromatic N) is 3. The van der Waals surface area contributed by atoms with Gasteiger partial charge in [0.2, 0.25) is 5.89 Å². The van der Waals surface area contributed by atoms with Gasteiger partial charge < -0.3 is 9.15 Å². The van der Waals surface area contributed by atoms with E-state index >= 15 is 0 Å². The van der Waals surface area contributed by atoms with Gasteiger partial charge in [0.15, 0.2) is 0 Å². The fourth-order valence-electron chi connectivity index (χ4n) is 2.39. The van der Waals surface area contributed by atoms with E-state index in [2.05, 4.69) is 10.00 Å². The molecule has 3 rings (SSSR count). The van der Waals surface area contributed by atoms with Crippen molar-refractivity contribution in [3.05, 3.63) is 35.2 Å². The third-order valence-corrected chi connectivity index (χ3v) is 5.03. The van der Waals surface area contributed by atoms with E-state index in [1.165, 1.54) is 7.11 Å². The molecule has 23 heavy (non-hydrogen) atoms. The van der Waals surface area contributed by atoms with Crippen LogP contribution in [0.1, 0.15) is 0 Å². The maximum absolute atomic E-state index is 11.7. The van der Waals surface area contributed by atoms with Crippen LogP contribution in [-0.2, 0) is 16.2 Å². The Labute approximate surface area is 143 Å². The first-order valence-corrected chi connectivity index (χ1v) is 8.68. The van der Waals surface area contributed by atoms with Crippen molar-refractivity contribution < 1.29 is 13.9 Å². The highest BCUT2D eigenvalue weighted by atomic mass is 32.2. The molecule has 0 bridgehead atoms. The molecule has 1 atom stereocenters. The van der Waals surface area contributed by atoms with Crippen LogP contribution >= 0.6 is 24.0 Å². The van der Waals surface area contributed by atoms with Crippen LogP contribution in [0.3, 0.4) is 0 Å². The summed E-state index contributed by atoms with van der Waals surface area (Å²) >= 11 is 6.88. The summed E-state index contributed by atoms with van der Waals surface area (Å²) in [6.07, 6.45) is 0. The molecule has 0 radical (unpaired) electrons. The number of aromatic nitrogens is 2. The maximum atomic E-state index is 11.7. The number of carbonyl (C=O) groups excluding carboxylic acids is 1. The van der Waals surface area contributed by atoms with E-state index < -0.39 is 0 Å². The van der Waals surface area contributed by atoms with Crippen LogP contribution in [0.2, 0.25) is 0 Å². The first-order valence-electron chi connectivity index (χ1n) is 7.22. The Balaban J connectivity index is 1.72. The van der Waals surface area contributed by atoms with Crippen molar-refractivity contribution in [3.8, 4) is 11.5 Å². The molecule has 2 heterocycles. The molecule has 0 aliphatic carbocycles. The van der Waals surface area contributed by atoms with Gasteiger partial charge in [-0.15, -0.1) is 16.9 Å². The number of ether oxygens (including phenoxy) is 1. The van der Waals surface area contributed by atoms with Crippen LogP contribution in [-0.4, -0.2) is 51.9 Å². The van der Waals surface area contributed by atoms with Crippen molar-refractivity contribution in [1.29, 1.82) is 0 Å². The largest absolute Gasteiger partial charge is 0.468 e. The average molecular weight is 351 g/mol. The molecule has 1 aromatic heterocycles. The summed E-state index contributed by atoms with van der Waals surface area (Å²) in [7, 11) is 1.42. The number of hydrogen-bond donors (Lipinski definition) is 0. The van der Waals surface area contributed by atoms with Crippen LogP contribution in [0.15, 0.2) is 34.7 Å². The molecule has 1 fully saturated rings. The average Bonchev–Trinajstić information content (AvgIpc) is 2.96. The molecule has 6 nitrogen and oxygen atoms in total. The zero-order valence-corrected chi connectivity index (χ0v) is 14.3. The Hall–Kier alpha value is -1.64. The first-order chi connectivity index (χ1) is 11.2. The summed E-state index contributed by atoms with van der Waals surface area (Å²) in [5, 5.41) is 4.28. The van der Waals surface area contributed by atoms with Gasteiger partial charge in [-0.05, 0) is 24.4 Å². The third-order valence-electron chi connectivity index (χ3n) is 3.58. The van der Waals surface area contributed by atoms with Crippen molar-refractivity contribution in [2.75, 3.05) is 26.0 Å². The van der Waals surface area contributed by atoms with Gasteiger partial charge in [0.25, 0.3) is 4.84 Å². The van der Waals surface area contributed by atoms with Crippen LogP contribution in [0.25, 0.3) is 11.5 Å². The Morgan fingerprint density at radius 3 is 3.00 bits per heavy atom. The highest BCUT2D eigenvalue weighted by molar-refractivity contribution is 8.00. The number of carbonyl (C=O) groups is 1. The number of rotatable bonds is 4. The predicted molar refractivity (Wildman–Crippen MR) is 90.6 cm³/mol. The molecule has 0 saturated carbocycles. The zero-order chi connectivity index (χ0) is 16.2. The fourth-order valence-corrected chi connectivity index (χ4v) is 3.76. The number of thioether (sulfide) groups is 1. The standard InChI is InChI=1S/C15H17N3O3S2/c1-20-14(19)12-9-17(7-8-23-12)10-18-15(22)21-13(16-18)11-5-3-2-4-6-11/h2-6,12H,7-10H2,1H3/t12-/m0/s1. The topological polar surface area (TPSA) is 60.5 Å². The second-order valence-corrected chi connectivity index (χ2v) is 6.80. The number of benzene rings is 1. The van der Waals surface area contributed by atoms with Gasteiger partial charge in [-0.25, -0.2) is 4.68 Å². The number of hydrogen-bond acceptors (Lipinski definition) is 7. The summed E-state index contributed by atoms with van der Waals surface area (Å²) in [5.74, 6) is 1.19. The van der Waals surface area contributed by atoms with Crippen molar-refractivity contribution in [1.82, 2.24) is 14.7 Å². The lowest BCUT2D eigenvalue weighted by atomic mass is 10.2. The zero-order valence-electron chi connectivity index (χ0n) is 12.7. The Bertz CT molecular complexity index is 729. The van der Waals surface area contributed by atoms with Crippen molar-refractivity contribution >= 4 is 29.9 Å². The maximum Gasteiger partial charge on any atom is 0.320 e. The van der Waals surface area contributed by atoms with Gasteiger partial charge >= 0.3 is 5.97 Å². The molecule has 1 aromatic carbocycles. The van der Waals surface area contributed by atoms with Crippen molar-refractivity contribution in [3.63, 3.8) is 0 Å². The van der Waals surface area contributed by atoms with E-state index in [0.717, 1.165) is 17.9 Å². The molecular formula is C15H17N3O3S2. The molecule has 2 aromatic rings. The highest BCUT2D eigenvalue weighted by Gasteiger charge is 2.27. The van der Waals surface area contributed by atoms with Crippen molar-refractivity contribution in [2.45, 2.75) is 11.9 Å². The molecule has 1 aliphatic rings. The minimum atomic E-state index is -0.187. The third kappa shape index (κ3) is 3.82. The smallest absolute Gasteiger partial charge is 0.320 e. The van der Waals surface area contributed by atoms with E-state index in [1.54, 1.807) is 16.4 Å². The Morgan fingerprint density at radius 2 is 2.26 bits per heavy atom. The highest BCUT2D eigenvalue weighted by Crippen LogP contribution is 2.21. The van der Waals surface area contributed by atoms with E-state index in [9.17, 15) is 4.79 Å². The van der Waals surface area contributed by atoms with Gasteiger partial charge in [-0.1, -0.05) is 18.2 Å². The van der Waals surface area contributed by atoms with Gasteiger partial charge in [0, 0.05) is 24.4 Å². The molecule has 1 aliphatic heterocycles. The second kappa shape index (κ2) is 7.29. The molecule has 0 N–H and O–H groups in total. The quantitative estimate of drug-likeness (QED) is 0.619. The molecular weight excluding hydrogens is 334 g/mol. The van der Waals surface area contributed by atoms with Crippen molar-refractivity contribution in [2.24, 2.45) is 0 Å². The van der Waals surface area contributed by atoms with Gasteiger partial charge in [-0.2, -0.15) is 0 Å². The SMILES string of the molecule is COC(=O)[C@@H]1CN(Cn2nc(-c3ccccc3)oc2=S)CCS1. The normalized spacial score (nSPS) is 18.7. The molecule has 0 unspecified atom stereocenters. The Morgan fingerprint density at radius 1 is 1.48 bits per heavy atom. The first kappa shape index (κ1) is 16.2. The van der Waals surface area contributed by atoms with Gasteiger partial charge in [0.05, 0.1) is 13.8 Å². The van der Waals surface area contributed by atoms with E-state index in [4.69, 9.17) is 21.4 Å². The van der Waals surface area contributed by atoms with E-state index in [0.29, 0.717) is 23.9 Å². The molecule has 0 amide bonds. The molecule has 0 spiro atoms. The summed E-state index contributed by atoms with van der Waals surface area (Å²) in [6.45, 7) is 1.99. The number of esters is 1. The number of methoxy groups -OCH3 is 1. The van der Waals surface area contributed by atoms with Crippen LogP contribution in [0.5, 0.6) is 0 Å². The van der Waals surface area contributed by atoms with E-state index in [1.807, 2.05) is 30.3 Å². The second-order valence-electron chi connectivity index (χ2n) is 5.14. The summed E-state index contributed by atoms with van der Waals surface area (Å²) in [6, 6.07) is 9.64. The fraction of sp³-hybridized carbons (Fsp3) is 0.400. The summed E-state index contributed by atoms with van der Waals surface area (Å²) in [5.41, 5.74) is 0.888. The lowest BCUT2D eigenvalue weighted by Crippen LogP contribution is -2.42. The summed E-state index contributed by atoms with van der Waals surface area (Å²) < 4.78 is 12.1. The van der Waals surface area contributed by atoms with Crippen LogP contribution in [0, 0.1) is 4.84 Å². The van der Waals surface area contributed by atoms with E-state index in [-0.39, 0.29) is 11.2 Å². The summed E-state index contributed by atoms with van der Waals surface area (Å²) in [4.78, 5) is 14.2. The molecule has 1 saturated heterocycles. The van der Waals surface area contributed by atoms with Gasteiger partial charge in [0.1, 0.15) is 5.25 Å². The minimum Gasteiger partial charge on any atom is -0.468 e. The predicted octanol–water partition coefficient (Wildman–Crippen LogP) is 2.42.